The second-order valence-corrected chi connectivity index (χ2v) is 2.78. The summed E-state index contributed by atoms with van der Waals surface area (Å²) in [6, 6.07) is 0. The Labute approximate surface area is 75.1 Å². The predicted molar refractivity (Wildman–Crippen MR) is 41.8 cm³/mol. The molecule has 0 aliphatic heterocycles. The van der Waals surface area contributed by atoms with Gasteiger partial charge in [-0.05, 0) is 6.92 Å². The van der Waals surface area contributed by atoms with Gasteiger partial charge < -0.3 is 25.5 Å². The molecule has 0 fully saturated rings. The Bertz CT molecular complexity index is 168. The summed E-state index contributed by atoms with van der Waals surface area (Å²) in [4.78, 5) is 11.0. The van der Waals surface area contributed by atoms with Gasteiger partial charge >= 0.3 is 0 Å². The maximum Gasteiger partial charge on any atom is 0.194 e. The van der Waals surface area contributed by atoms with Crippen molar-refractivity contribution < 1.29 is 30.3 Å². The van der Waals surface area contributed by atoms with E-state index in [-0.39, 0.29) is 0 Å². The zero-order valence-corrected chi connectivity index (χ0v) is 7.16. The molecule has 78 valence electrons. The number of aliphatic hydroxyl groups is 5. The fourth-order valence-corrected chi connectivity index (χ4v) is 0.702. The van der Waals surface area contributed by atoms with Crippen LogP contribution in [0.15, 0.2) is 0 Å². The SMILES string of the molecule is CC(O)[C@@H](O)C(=O)[C@H](O)[C@@H](O)CO. The smallest absolute Gasteiger partial charge is 0.194 e. The molecule has 0 bridgehead atoms. The second-order valence-electron chi connectivity index (χ2n) is 2.78. The van der Waals surface area contributed by atoms with Crippen LogP contribution in [0.4, 0.5) is 0 Å². The first kappa shape index (κ1) is 12.5. The molecule has 0 aliphatic rings. The maximum atomic E-state index is 11.0. The highest BCUT2D eigenvalue weighted by Gasteiger charge is 2.31. The van der Waals surface area contributed by atoms with Gasteiger partial charge in [0.1, 0.15) is 18.3 Å². The normalized spacial score (nSPS) is 20.5. The Morgan fingerprint density at radius 1 is 1.15 bits per heavy atom. The molecule has 0 aliphatic carbocycles. The molecular weight excluding hydrogens is 180 g/mol. The highest BCUT2D eigenvalue weighted by atomic mass is 16.4. The molecule has 0 aromatic heterocycles. The van der Waals surface area contributed by atoms with E-state index >= 15 is 0 Å². The van der Waals surface area contributed by atoms with Gasteiger partial charge in [-0.1, -0.05) is 0 Å². The van der Waals surface area contributed by atoms with Crippen LogP contribution in [0.2, 0.25) is 0 Å². The van der Waals surface area contributed by atoms with E-state index in [1.165, 1.54) is 6.92 Å². The van der Waals surface area contributed by atoms with Gasteiger partial charge in [-0.25, -0.2) is 0 Å². The molecule has 0 saturated carbocycles. The van der Waals surface area contributed by atoms with Gasteiger partial charge in [0.2, 0.25) is 0 Å². The lowest BCUT2D eigenvalue weighted by Gasteiger charge is -2.19. The van der Waals surface area contributed by atoms with E-state index in [4.69, 9.17) is 25.5 Å². The second kappa shape index (κ2) is 5.25. The molecule has 0 heterocycles. The summed E-state index contributed by atoms with van der Waals surface area (Å²) in [5.41, 5.74) is 0. The first-order valence-corrected chi connectivity index (χ1v) is 3.78. The van der Waals surface area contributed by atoms with E-state index in [0.717, 1.165) is 0 Å². The van der Waals surface area contributed by atoms with Crippen LogP contribution in [0.1, 0.15) is 6.92 Å². The number of hydrogen-bond acceptors (Lipinski definition) is 6. The minimum Gasteiger partial charge on any atom is -0.394 e. The van der Waals surface area contributed by atoms with Crippen LogP contribution < -0.4 is 0 Å². The molecule has 0 aromatic rings. The summed E-state index contributed by atoms with van der Waals surface area (Å²) >= 11 is 0. The molecule has 4 atom stereocenters. The summed E-state index contributed by atoms with van der Waals surface area (Å²) < 4.78 is 0. The number of carbonyl (C=O) groups is 1. The van der Waals surface area contributed by atoms with Gasteiger partial charge in [0, 0.05) is 0 Å². The molecule has 0 spiro atoms. The molecule has 5 N–H and O–H groups in total. The third kappa shape index (κ3) is 3.37. The van der Waals surface area contributed by atoms with E-state index in [2.05, 4.69) is 0 Å². The van der Waals surface area contributed by atoms with Crippen molar-refractivity contribution in [3.05, 3.63) is 0 Å². The molecule has 13 heavy (non-hydrogen) atoms. The number of rotatable bonds is 5. The highest BCUT2D eigenvalue weighted by Crippen LogP contribution is 2.02. The van der Waals surface area contributed by atoms with Crippen molar-refractivity contribution in [3.8, 4) is 0 Å². The lowest BCUT2D eigenvalue weighted by Crippen LogP contribution is -2.45. The van der Waals surface area contributed by atoms with E-state index < -0.39 is 36.8 Å². The van der Waals surface area contributed by atoms with Crippen LogP contribution in [-0.4, -0.2) is 62.3 Å². The van der Waals surface area contributed by atoms with Gasteiger partial charge in [0.25, 0.3) is 0 Å². The quantitative estimate of drug-likeness (QED) is 0.318. The lowest BCUT2D eigenvalue weighted by molar-refractivity contribution is -0.148. The van der Waals surface area contributed by atoms with Crippen molar-refractivity contribution in [2.75, 3.05) is 6.61 Å². The molecule has 1 unspecified atom stereocenters. The van der Waals surface area contributed by atoms with Crippen molar-refractivity contribution in [1.82, 2.24) is 0 Å². The van der Waals surface area contributed by atoms with Gasteiger partial charge in [-0.3, -0.25) is 4.79 Å². The zero-order chi connectivity index (χ0) is 10.6. The molecule has 6 heteroatoms. The summed E-state index contributed by atoms with van der Waals surface area (Å²) in [7, 11) is 0. The van der Waals surface area contributed by atoms with Crippen LogP contribution in [0, 0.1) is 0 Å². The Hall–Kier alpha value is -0.530. The van der Waals surface area contributed by atoms with Gasteiger partial charge in [0.05, 0.1) is 12.7 Å². The molecule has 0 aromatic carbocycles. The first-order chi connectivity index (χ1) is 5.91. The number of aliphatic hydroxyl groups excluding tert-OH is 5. The van der Waals surface area contributed by atoms with Gasteiger partial charge in [-0.15, -0.1) is 0 Å². The lowest BCUT2D eigenvalue weighted by atomic mass is 10.0. The van der Waals surface area contributed by atoms with E-state index in [1.54, 1.807) is 0 Å². The van der Waals surface area contributed by atoms with Crippen molar-refractivity contribution in [2.24, 2.45) is 0 Å². The van der Waals surface area contributed by atoms with Crippen LogP contribution in [0.5, 0.6) is 0 Å². The molecular formula is C7H14O6. The number of carbonyl (C=O) groups excluding carboxylic acids is 1. The van der Waals surface area contributed by atoms with Crippen LogP contribution in [0.25, 0.3) is 0 Å². The van der Waals surface area contributed by atoms with Crippen molar-refractivity contribution >= 4 is 5.78 Å². The zero-order valence-electron chi connectivity index (χ0n) is 7.16. The highest BCUT2D eigenvalue weighted by molar-refractivity contribution is 5.87. The van der Waals surface area contributed by atoms with E-state index in [0.29, 0.717) is 0 Å². The maximum absolute atomic E-state index is 11.0. The van der Waals surface area contributed by atoms with Crippen LogP contribution in [-0.2, 0) is 4.79 Å². The molecule has 0 amide bonds. The van der Waals surface area contributed by atoms with Crippen molar-refractivity contribution in [2.45, 2.75) is 31.3 Å². The Balaban J connectivity index is 4.25. The molecule has 0 saturated heterocycles. The first-order valence-electron chi connectivity index (χ1n) is 3.78. The van der Waals surface area contributed by atoms with E-state index in [1.807, 2.05) is 0 Å². The minimum atomic E-state index is -1.88. The number of Topliss-reactive ketones (excluding diaryl/α,β-unsaturated/α-hetero) is 1. The Kier molecular flexibility index (Phi) is 5.04. The standard InChI is InChI=1S/C7H14O6/c1-3(9)5(11)7(13)6(12)4(10)2-8/h3-6,8-12H,2H2,1H3/t3?,4-,5+,6+/m0/s1. The predicted octanol–water partition coefficient (Wildman–Crippen LogP) is -2.99. The van der Waals surface area contributed by atoms with Crippen LogP contribution >= 0.6 is 0 Å². The topological polar surface area (TPSA) is 118 Å². The fraction of sp³-hybridized carbons (Fsp3) is 0.857. The monoisotopic (exact) mass is 194 g/mol. The fourth-order valence-electron chi connectivity index (χ4n) is 0.702. The van der Waals surface area contributed by atoms with Gasteiger partial charge in [-0.2, -0.15) is 0 Å². The number of hydrogen-bond donors (Lipinski definition) is 5. The van der Waals surface area contributed by atoms with Crippen molar-refractivity contribution in [3.63, 3.8) is 0 Å². The third-order valence-corrected chi connectivity index (χ3v) is 1.59. The number of ketones is 1. The summed E-state index contributed by atoms with van der Waals surface area (Å²) in [5.74, 6) is -1.11. The summed E-state index contributed by atoms with van der Waals surface area (Å²) in [5, 5.41) is 43.9. The average molecular weight is 194 g/mol. The van der Waals surface area contributed by atoms with Crippen molar-refractivity contribution in [1.29, 1.82) is 0 Å². The minimum absolute atomic E-state index is 0.792. The Morgan fingerprint density at radius 3 is 1.92 bits per heavy atom. The molecule has 0 radical (unpaired) electrons. The van der Waals surface area contributed by atoms with Gasteiger partial charge in [0.15, 0.2) is 5.78 Å². The summed E-state index contributed by atoms with van der Waals surface area (Å²) in [6.07, 6.45) is -6.60. The summed E-state index contributed by atoms with van der Waals surface area (Å²) in [6.45, 7) is 0.375. The van der Waals surface area contributed by atoms with E-state index in [9.17, 15) is 4.79 Å². The third-order valence-electron chi connectivity index (χ3n) is 1.59. The molecule has 0 rings (SSSR count). The van der Waals surface area contributed by atoms with Crippen LogP contribution in [0.3, 0.4) is 0 Å². The largest absolute Gasteiger partial charge is 0.394 e. The average Bonchev–Trinajstić information content (AvgIpc) is 2.12. The Morgan fingerprint density at radius 2 is 1.62 bits per heavy atom. The molecule has 6 nitrogen and oxygen atoms in total.